The number of furan rings is 1. The number of aliphatic carboxylic acids is 1. The smallest absolute Gasteiger partial charge is 0.475 e. The third-order valence-corrected chi connectivity index (χ3v) is 5.31. The molecule has 1 saturated heterocycles. The number of hydrogen-bond acceptors (Lipinski definition) is 7. The maximum Gasteiger partial charge on any atom is 0.490 e. The number of carbonyl (C=O) groups excluding carboxylic acids is 1. The van der Waals surface area contributed by atoms with Crippen molar-refractivity contribution in [1.82, 2.24) is 24.8 Å². The number of ether oxygens (including phenoxy) is 1. The van der Waals surface area contributed by atoms with Gasteiger partial charge in [0.2, 0.25) is 0 Å². The molecule has 4 heterocycles. The number of hydrogen-bond donors (Lipinski definition) is 1. The highest BCUT2D eigenvalue weighted by atomic mass is 19.4. The average molecular weight is 473 g/mol. The Morgan fingerprint density at radius 3 is 2.52 bits per heavy atom. The van der Waals surface area contributed by atoms with Gasteiger partial charge >= 0.3 is 12.1 Å². The Labute approximate surface area is 187 Å². The lowest BCUT2D eigenvalue weighted by molar-refractivity contribution is -0.192. The number of carboxylic acids is 1. The number of alkyl halides is 3. The number of nitrogens with zero attached hydrogens (tertiary/aromatic N) is 5. The number of fused-ring (bicyclic) bond motifs is 1. The lowest BCUT2D eigenvalue weighted by Gasteiger charge is -2.19. The van der Waals surface area contributed by atoms with Crippen LogP contribution >= 0.6 is 0 Å². The van der Waals surface area contributed by atoms with Crippen molar-refractivity contribution in [3.8, 4) is 0 Å². The summed E-state index contributed by atoms with van der Waals surface area (Å²) in [6, 6.07) is 3.43. The topological polar surface area (TPSA) is 114 Å². The summed E-state index contributed by atoms with van der Waals surface area (Å²) in [6.07, 6.45) is -0.134. The van der Waals surface area contributed by atoms with Gasteiger partial charge in [0.15, 0.2) is 5.76 Å². The van der Waals surface area contributed by atoms with Gasteiger partial charge in [-0.2, -0.15) is 13.2 Å². The minimum absolute atomic E-state index is 0.0921. The first kappa shape index (κ1) is 24.7. The van der Waals surface area contributed by atoms with Crippen molar-refractivity contribution in [2.75, 3.05) is 32.8 Å². The molecule has 0 atom stereocenters. The molecule has 0 aliphatic carbocycles. The maximum atomic E-state index is 12.6. The van der Waals surface area contributed by atoms with Crippen LogP contribution in [0.15, 0.2) is 22.8 Å². The van der Waals surface area contributed by atoms with Crippen molar-refractivity contribution in [2.24, 2.45) is 0 Å². The van der Waals surface area contributed by atoms with Crippen molar-refractivity contribution in [3.05, 3.63) is 35.5 Å². The molecule has 0 aromatic carbocycles. The van der Waals surface area contributed by atoms with Crippen LogP contribution in [0.4, 0.5) is 13.2 Å². The van der Waals surface area contributed by atoms with Gasteiger partial charge in [0.25, 0.3) is 5.91 Å². The number of rotatable bonds is 6. The highest BCUT2D eigenvalue weighted by Crippen LogP contribution is 2.18. The van der Waals surface area contributed by atoms with Gasteiger partial charge in [-0.15, -0.1) is 5.10 Å². The molecule has 13 heteroatoms. The molecule has 2 aliphatic rings. The first-order valence-corrected chi connectivity index (χ1v) is 10.6. The summed E-state index contributed by atoms with van der Waals surface area (Å²) < 4.78 is 44.7. The second-order valence-electron chi connectivity index (χ2n) is 7.67. The SMILES string of the molecule is O=C(O)C(F)(F)F.O=C(c1ccco1)N1CCCn2nnc(COCCN3CCCC3)c2C1. The van der Waals surface area contributed by atoms with Crippen molar-refractivity contribution >= 4 is 11.9 Å². The van der Waals surface area contributed by atoms with Gasteiger partial charge in [0.1, 0.15) is 5.69 Å². The van der Waals surface area contributed by atoms with Crippen LogP contribution in [-0.4, -0.2) is 80.7 Å². The lowest BCUT2D eigenvalue weighted by Crippen LogP contribution is -2.30. The van der Waals surface area contributed by atoms with Gasteiger partial charge in [-0.1, -0.05) is 5.21 Å². The van der Waals surface area contributed by atoms with E-state index in [2.05, 4.69) is 15.2 Å². The minimum Gasteiger partial charge on any atom is -0.475 e. The monoisotopic (exact) mass is 473 g/mol. The summed E-state index contributed by atoms with van der Waals surface area (Å²) >= 11 is 0. The number of aromatic nitrogens is 3. The average Bonchev–Trinajstić information content (AvgIpc) is 3.52. The van der Waals surface area contributed by atoms with Gasteiger partial charge in [-0.05, 0) is 44.5 Å². The van der Waals surface area contributed by atoms with E-state index in [9.17, 15) is 18.0 Å². The van der Waals surface area contributed by atoms with E-state index < -0.39 is 12.1 Å². The van der Waals surface area contributed by atoms with E-state index >= 15 is 0 Å². The number of carboxylic acid groups (broad SMARTS) is 1. The van der Waals surface area contributed by atoms with Gasteiger partial charge in [-0.3, -0.25) is 4.79 Å². The van der Waals surface area contributed by atoms with Crippen molar-refractivity contribution in [2.45, 2.75) is 45.1 Å². The van der Waals surface area contributed by atoms with E-state index in [1.165, 1.54) is 32.2 Å². The molecule has 0 saturated carbocycles. The summed E-state index contributed by atoms with van der Waals surface area (Å²) in [5.74, 6) is -2.48. The van der Waals surface area contributed by atoms with Crippen LogP contribution < -0.4 is 0 Å². The Morgan fingerprint density at radius 1 is 1.15 bits per heavy atom. The van der Waals surface area contributed by atoms with Crippen LogP contribution in [0.3, 0.4) is 0 Å². The third-order valence-electron chi connectivity index (χ3n) is 5.31. The molecule has 182 valence electrons. The van der Waals surface area contributed by atoms with Crippen LogP contribution in [0, 0.1) is 0 Å². The number of likely N-dealkylation sites (tertiary alicyclic amines) is 1. The van der Waals surface area contributed by atoms with Crippen LogP contribution in [0.1, 0.15) is 41.2 Å². The zero-order valence-corrected chi connectivity index (χ0v) is 18.0. The fraction of sp³-hybridized carbons (Fsp3) is 0.600. The molecule has 1 amide bonds. The van der Waals surface area contributed by atoms with Crippen molar-refractivity contribution < 1.29 is 37.0 Å². The Morgan fingerprint density at radius 2 is 1.88 bits per heavy atom. The Kier molecular flexibility index (Phi) is 8.44. The van der Waals surface area contributed by atoms with E-state index in [1.54, 1.807) is 17.0 Å². The number of halogens is 3. The maximum absolute atomic E-state index is 12.6. The zero-order chi connectivity index (χ0) is 23.8. The second-order valence-corrected chi connectivity index (χ2v) is 7.67. The molecule has 2 aromatic rings. The van der Waals surface area contributed by atoms with E-state index in [-0.39, 0.29) is 5.91 Å². The zero-order valence-electron chi connectivity index (χ0n) is 18.0. The van der Waals surface area contributed by atoms with E-state index in [0.717, 1.165) is 30.9 Å². The molecule has 10 nitrogen and oxygen atoms in total. The predicted octanol–water partition coefficient (Wildman–Crippen LogP) is 2.16. The molecule has 33 heavy (non-hydrogen) atoms. The molecular weight excluding hydrogens is 447 g/mol. The predicted molar refractivity (Wildman–Crippen MR) is 107 cm³/mol. The molecule has 1 N–H and O–H groups in total. The quantitative estimate of drug-likeness (QED) is 0.635. The molecule has 2 aliphatic heterocycles. The van der Waals surface area contributed by atoms with Gasteiger partial charge < -0.3 is 24.1 Å². The van der Waals surface area contributed by atoms with E-state index in [4.69, 9.17) is 19.1 Å². The van der Waals surface area contributed by atoms with Crippen LogP contribution in [-0.2, 0) is 29.2 Å². The fourth-order valence-corrected chi connectivity index (χ4v) is 3.60. The molecule has 0 bridgehead atoms. The summed E-state index contributed by atoms with van der Waals surface area (Å²) in [5.41, 5.74) is 1.79. The minimum atomic E-state index is -5.08. The third kappa shape index (κ3) is 7.02. The molecule has 0 radical (unpaired) electrons. The highest BCUT2D eigenvalue weighted by Gasteiger charge is 2.38. The Balaban J connectivity index is 0.000000383. The number of aryl methyl sites for hydroxylation is 1. The van der Waals surface area contributed by atoms with E-state index in [1.807, 2.05) is 4.68 Å². The molecule has 0 spiro atoms. The van der Waals surface area contributed by atoms with Gasteiger partial charge in [0.05, 0.1) is 31.7 Å². The van der Waals surface area contributed by atoms with Crippen LogP contribution in [0.25, 0.3) is 0 Å². The standard InChI is InChI=1S/C18H25N5O3.C2HF3O2/c24-18(17-5-3-11-26-17)22-8-4-9-23-16(13-22)15(19-20-23)14-25-12-10-21-6-1-2-7-21;3-2(4,5)1(6)7/h3,5,11H,1-2,4,6-10,12-14H2;(H,6,7). The largest absolute Gasteiger partial charge is 0.490 e. The summed E-state index contributed by atoms with van der Waals surface area (Å²) in [4.78, 5) is 25.7. The summed E-state index contributed by atoms with van der Waals surface area (Å²) in [7, 11) is 0. The molecule has 1 fully saturated rings. The lowest BCUT2D eigenvalue weighted by atomic mass is 10.3. The summed E-state index contributed by atoms with van der Waals surface area (Å²) in [6.45, 7) is 6.37. The number of carbonyl (C=O) groups is 2. The Bertz CT molecular complexity index is 910. The first-order chi connectivity index (χ1) is 15.8. The Hall–Kier alpha value is -2.93. The van der Waals surface area contributed by atoms with E-state index in [0.29, 0.717) is 32.1 Å². The first-order valence-electron chi connectivity index (χ1n) is 10.6. The molecular formula is C20H26F3N5O5. The molecule has 4 rings (SSSR count). The fourth-order valence-electron chi connectivity index (χ4n) is 3.60. The number of amides is 1. The molecule has 2 aromatic heterocycles. The molecule has 0 unspecified atom stereocenters. The van der Waals surface area contributed by atoms with Crippen molar-refractivity contribution in [1.29, 1.82) is 0 Å². The van der Waals surface area contributed by atoms with Crippen molar-refractivity contribution in [3.63, 3.8) is 0 Å². The van der Waals surface area contributed by atoms with Gasteiger partial charge in [0, 0.05) is 19.6 Å². The van der Waals surface area contributed by atoms with Crippen LogP contribution in [0.5, 0.6) is 0 Å². The van der Waals surface area contributed by atoms with Crippen LogP contribution in [0.2, 0.25) is 0 Å². The normalized spacial score (nSPS) is 16.6. The van der Waals surface area contributed by atoms with Gasteiger partial charge in [-0.25, -0.2) is 9.48 Å². The highest BCUT2D eigenvalue weighted by molar-refractivity contribution is 5.91. The summed E-state index contributed by atoms with van der Waals surface area (Å²) in [5, 5.41) is 15.6. The second kappa shape index (κ2) is 11.3.